The van der Waals surface area contributed by atoms with Crippen LogP contribution in [0, 0.1) is 5.92 Å². The molecule has 1 saturated heterocycles. The van der Waals surface area contributed by atoms with E-state index in [1.807, 2.05) is 26.1 Å². The van der Waals surface area contributed by atoms with Crippen LogP contribution in [0.2, 0.25) is 0 Å². The van der Waals surface area contributed by atoms with Gasteiger partial charge in [0.15, 0.2) is 0 Å². The standard InChI is InChI=1S/C39H48N8O6/c1-22(2)33(44-38(50)52-5)37(49)46-17-9-12-32(46)35-41-21-31(43-35)27-16-14-24-18-26(15-13-25(24)19-27)30-20-40-34(42-30)28-10-7-8-11-29(28)36(48)47(23(3)4)45-39(51)53-6/h13-16,18-21,23,28-29,32-33H,1,7-12,17H2,2-6H3,(H,40,42)(H,41,43)(H,44,50)(H,45,51)/t28?,29?,32-,33-/m0/s1. The molecular weight excluding hydrogens is 676 g/mol. The van der Waals surface area contributed by atoms with E-state index in [9.17, 15) is 19.2 Å². The van der Waals surface area contributed by atoms with Crippen molar-refractivity contribution in [2.75, 3.05) is 20.8 Å². The SMILES string of the molecule is C=C(C)[C@H](NC(=O)OC)C(=O)N1CCC[C@H]1c1ncc(-c2ccc3cc(-c4cnc(C5CCCCC5C(=O)N(NC(=O)OC)C(C)C)[nH]4)ccc3c2)[nH]1. The number of alkyl carbamates (subject to hydrolysis) is 1. The number of rotatable bonds is 9. The Balaban J connectivity index is 1.18. The van der Waals surface area contributed by atoms with E-state index in [2.05, 4.69) is 62.6 Å². The summed E-state index contributed by atoms with van der Waals surface area (Å²) in [4.78, 5) is 69.2. The van der Waals surface area contributed by atoms with Gasteiger partial charge in [0.2, 0.25) is 11.8 Å². The van der Waals surface area contributed by atoms with Gasteiger partial charge in [-0.1, -0.05) is 43.7 Å². The van der Waals surface area contributed by atoms with Gasteiger partial charge in [0.25, 0.3) is 0 Å². The Bertz CT molecular complexity index is 2000. The van der Waals surface area contributed by atoms with E-state index in [4.69, 9.17) is 14.5 Å². The van der Waals surface area contributed by atoms with Crippen LogP contribution in [0.3, 0.4) is 0 Å². The summed E-state index contributed by atoms with van der Waals surface area (Å²) in [6.07, 6.45) is 7.26. The Morgan fingerprint density at radius 1 is 0.868 bits per heavy atom. The van der Waals surface area contributed by atoms with E-state index in [1.54, 1.807) is 18.0 Å². The van der Waals surface area contributed by atoms with Crippen molar-refractivity contribution >= 4 is 34.8 Å². The lowest BCUT2D eigenvalue weighted by Gasteiger charge is -2.35. The fraction of sp³-hybridized carbons (Fsp3) is 0.436. The van der Waals surface area contributed by atoms with E-state index in [-0.39, 0.29) is 35.7 Å². The summed E-state index contributed by atoms with van der Waals surface area (Å²) in [6.45, 7) is 9.86. The van der Waals surface area contributed by atoms with Crippen molar-refractivity contribution in [3.8, 4) is 22.5 Å². The van der Waals surface area contributed by atoms with Gasteiger partial charge < -0.3 is 29.7 Å². The second-order valence-corrected chi connectivity index (χ2v) is 14.1. The first-order valence-electron chi connectivity index (χ1n) is 18.1. The lowest BCUT2D eigenvalue weighted by Crippen LogP contribution is -2.53. The minimum atomic E-state index is -0.887. The molecule has 0 spiro atoms. The second kappa shape index (κ2) is 15.9. The number of fused-ring (bicyclic) bond motifs is 1. The number of aromatic nitrogens is 4. The fourth-order valence-corrected chi connectivity index (χ4v) is 7.47. The molecule has 0 radical (unpaired) electrons. The van der Waals surface area contributed by atoms with Crippen molar-refractivity contribution in [3.05, 3.63) is 72.6 Å². The number of carbonyl (C=O) groups is 4. The Morgan fingerprint density at radius 3 is 2.08 bits per heavy atom. The molecule has 2 aromatic heterocycles. The predicted octanol–water partition coefficient (Wildman–Crippen LogP) is 6.37. The molecule has 0 bridgehead atoms. The van der Waals surface area contributed by atoms with Crippen molar-refractivity contribution in [1.82, 2.24) is 40.6 Å². The third kappa shape index (κ3) is 7.91. The maximum atomic E-state index is 13.7. The highest BCUT2D eigenvalue weighted by atomic mass is 16.5. The summed E-state index contributed by atoms with van der Waals surface area (Å²) in [5.74, 6) is 0.640. The van der Waals surface area contributed by atoms with Gasteiger partial charge in [0, 0.05) is 35.5 Å². The van der Waals surface area contributed by atoms with Gasteiger partial charge in [-0.2, -0.15) is 0 Å². The van der Waals surface area contributed by atoms with Crippen LogP contribution in [0.5, 0.6) is 0 Å². The number of methoxy groups -OCH3 is 2. The molecule has 1 aliphatic carbocycles. The number of imidazole rings is 2. The number of benzene rings is 2. The van der Waals surface area contributed by atoms with Gasteiger partial charge in [-0.25, -0.2) is 30.0 Å². The number of carbonyl (C=O) groups excluding carboxylic acids is 4. The first-order valence-corrected chi connectivity index (χ1v) is 18.1. The van der Waals surface area contributed by atoms with Crippen LogP contribution in [-0.2, 0) is 19.1 Å². The van der Waals surface area contributed by atoms with Crippen molar-refractivity contribution in [2.45, 2.75) is 83.3 Å². The second-order valence-electron chi connectivity index (χ2n) is 14.1. The van der Waals surface area contributed by atoms with Crippen molar-refractivity contribution in [2.24, 2.45) is 5.92 Å². The quantitative estimate of drug-likeness (QED) is 0.114. The summed E-state index contributed by atoms with van der Waals surface area (Å²) in [5.41, 5.74) is 6.74. The third-order valence-electron chi connectivity index (χ3n) is 10.3. The number of hydrogen-bond donors (Lipinski definition) is 4. The minimum Gasteiger partial charge on any atom is -0.453 e. The van der Waals surface area contributed by atoms with Crippen molar-refractivity contribution in [3.63, 3.8) is 0 Å². The molecule has 2 aromatic carbocycles. The number of nitrogens with one attached hydrogen (secondary N) is 4. The van der Waals surface area contributed by atoms with Crippen LogP contribution >= 0.6 is 0 Å². The molecule has 6 rings (SSSR count). The molecule has 14 nitrogen and oxygen atoms in total. The number of aromatic amines is 2. The first-order chi connectivity index (χ1) is 25.5. The van der Waals surface area contributed by atoms with Crippen LogP contribution in [0.1, 0.15) is 82.9 Å². The highest BCUT2D eigenvalue weighted by Gasteiger charge is 2.39. The van der Waals surface area contributed by atoms with Crippen molar-refractivity contribution < 1.29 is 28.7 Å². The third-order valence-corrected chi connectivity index (χ3v) is 10.3. The summed E-state index contributed by atoms with van der Waals surface area (Å²) in [5, 5.41) is 6.06. The summed E-state index contributed by atoms with van der Waals surface area (Å²) in [6, 6.07) is 11.1. The summed E-state index contributed by atoms with van der Waals surface area (Å²) >= 11 is 0. The predicted molar refractivity (Wildman–Crippen MR) is 199 cm³/mol. The number of amides is 4. The largest absolute Gasteiger partial charge is 0.453 e. The zero-order valence-corrected chi connectivity index (χ0v) is 30.9. The van der Waals surface area contributed by atoms with Crippen LogP contribution in [0.15, 0.2) is 60.9 Å². The molecular formula is C39H48N8O6. The molecule has 1 aliphatic heterocycles. The lowest BCUT2D eigenvalue weighted by molar-refractivity contribution is -0.142. The zero-order chi connectivity index (χ0) is 37.8. The summed E-state index contributed by atoms with van der Waals surface area (Å²) in [7, 11) is 2.54. The number of H-pyrrole nitrogens is 2. The summed E-state index contributed by atoms with van der Waals surface area (Å²) < 4.78 is 9.47. The van der Waals surface area contributed by atoms with E-state index in [0.717, 1.165) is 71.2 Å². The van der Waals surface area contributed by atoms with Gasteiger partial charge in [0.05, 0.1) is 44.0 Å². The van der Waals surface area contributed by atoms with E-state index >= 15 is 0 Å². The molecule has 3 heterocycles. The maximum absolute atomic E-state index is 13.7. The number of likely N-dealkylation sites (tertiary alicyclic amines) is 1. The maximum Gasteiger partial charge on any atom is 0.425 e. The monoisotopic (exact) mass is 724 g/mol. The van der Waals surface area contributed by atoms with Gasteiger partial charge in [-0.15, -0.1) is 0 Å². The smallest absolute Gasteiger partial charge is 0.425 e. The molecule has 2 unspecified atom stereocenters. The molecule has 2 fully saturated rings. The van der Waals surface area contributed by atoms with Gasteiger partial charge in [-0.3, -0.25) is 9.59 Å². The highest BCUT2D eigenvalue weighted by Crippen LogP contribution is 2.39. The average molecular weight is 725 g/mol. The van der Waals surface area contributed by atoms with E-state index < -0.39 is 18.2 Å². The Kier molecular flexibility index (Phi) is 11.2. The topological polar surface area (TPSA) is 175 Å². The van der Waals surface area contributed by atoms with Crippen molar-refractivity contribution in [1.29, 1.82) is 0 Å². The molecule has 1 saturated carbocycles. The highest BCUT2D eigenvalue weighted by molar-refractivity contribution is 5.91. The molecule has 2 aliphatic rings. The van der Waals surface area contributed by atoms with E-state index in [1.165, 1.54) is 19.2 Å². The first kappa shape index (κ1) is 37.1. The fourth-order valence-electron chi connectivity index (χ4n) is 7.47. The normalized spacial score (nSPS) is 19.1. The minimum absolute atomic E-state index is 0.105. The van der Waals surface area contributed by atoms with Crippen LogP contribution in [-0.4, -0.2) is 86.7 Å². The number of hydrogen-bond acceptors (Lipinski definition) is 8. The van der Waals surface area contributed by atoms with Gasteiger partial charge >= 0.3 is 12.2 Å². The Labute approximate surface area is 308 Å². The molecule has 280 valence electrons. The van der Waals surface area contributed by atoms with Gasteiger partial charge in [-0.05, 0) is 74.9 Å². The molecule has 4 amide bonds. The van der Waals surface area contributed by atoms with Gasteiger partial charge in [0.1, 0.15) is 17.7 Å². The zero-order valence-electron chi connectivity index (χ0n) is 30.9. The molecule has 4 aromatic rings. The molecule has 4 atom stereocenters. The molecule has 14 heteroatoms. The van der Waals surface area contributed by atoms with E-state index in [0.29, 0.717) is 24.4 Å². The average Bonchev–Trinajstić information content (AvgIpc) is 3.96. The molecule has 4 N–H and O–H groups in total. The Hall–Kier alpha value is -5.66. The van der Waals surface area contributed by atoms with Crippen LogP contribution < -0.4 is 10.7 Å². The number of ether oxygens (including phenoxy) is 2. The Morgan fingerprint density at radius 2 is 1.47 bits per heavy atom. The van der Waals surface area contributed by atoms with Crippen LogP contribution in [0.25, 0.3) is 33.3 Å². The number of nitrogens with zero attached hydrogens (tertiary/aromatic N) is 4. The van der Waals surface area contributed by atoms with Crippen LogP contribution in [0.4, 0.5) is 9.59 Å². The molecule has 53 heavy (non-hydrogen) atoms. The lowest BCUT2D eigenvalue weighted by atomic mass is 9.78. The number of hydrazine groups is 1.